The van der Waals surface area contributed by atoms with Gasteiger partial charge in [-0.1, -0.05) is 27.7 Å². The Morgan fingerprint density at radius 3 is 2.44 bits per heavy atom. The van der Waals surface area contributed by atoms with Crippen molar-refractivity contribution in [1.29, 1.82) is 0 Å². The smallest absolute Gasteiger partial charge is 0.228 e. The van der Waals surface area contributed by atoms with Gasteiger partial charge in [-0.25, -0.2) is 4.98 Å². The van der Waals surface area contributed by atoms with Crippen molar-refractivity contribution in [3.63, 3.8) is 0 Å². The summed E-state index contributed by atoms with van der Waals surface area (Å²) in [6.45, 7) is 7.59. The van der Waals surface area contributed by atoms with Crippen LogP contribution in [0.5, 0.6) is 0 Å². The fourth-order valence-electron chi connectivity index (χ4n) is 1.52. The second kappa shape index (κ2) is 5.80. The van der Waals surface area contributed by atoms with Gasteiger partial charge < -0.3 is 9.88 Å². The summed E-state index contributed by atoms with van der Waals surface area (Å²) in [6, 6.07) is 0. The van der Waals surface area contributed by atoms with Gasteiger partial charge in [0.1, 0.15) is 0 Å². The van der Waals surface area contributed by atoms with E-state index in [-0.39, 0.29) is 17.6 Å². The summed E-state index contributed by atoms with van der Waals surface area (Å²) in [7, 11) is 1.76. The fraction of sp³-hybridized carbons (Fsp3) is 0.615. The number of ketones is 1. The number of aryl methyl sites for hydroxylation is 1. The van der Waals surface area contributed by atoms with Crippen LogP contribution in [-0.2, 0) is 11.8 Å². The summed E-state index contributed by atoms with van der Waals surface area (Å²) in [5.41, 5.74) is 0. The molecule has 1 N–H and O–H groups in total. The number of aromatic nitrogens is 2. The second-order valence-corrected chi connectivity index (χ2v) is 5.23. The van der Waals surface area contributed by atoms with Gasteiger partial charge in [-0.05, 0) is 5.92 Å². The SMILES string of the molecule is CC(C)CC(=O)c1nc(NC(=O)C(C)C)cn1C. The van der Waals surface area contributed by atoms with Gasteiger partial charge in [0.15, 0.2) is 17.4 Å². The number of rotatable bonds is 5. The third-order valence-corrected chi connectivity index (χ3v) is 2.50. The van der Waals surface area contributed by atoms with Crippen molar-refractivity contribution in [3.8, 4) is 0 Å². The zero-order valence-corrected chi connectivity index (χ0v) is 11.7. The molecule has 0 aliphatic heterocycles. The van der Waals surface area contributed by atoms with Crippen LogP contribution in [0.15, 0.2) is 6.20 Å². The molecule has 1 rings (SSSR count). The molecule has 1 aromatic heterocycles. The number of hydrogen-bond acceptors (Lipinski definition) is 3. The van der Waals surface area contributed by atoms with E-state index in [1.165, 1.54) is 0 Å². The average Bonchev–Trinajstić information content (AvgIpc) is 2.58. The number of amides is 1. The Morgan fingerprint density at radius 1 is 1.33 bits per heavy atom. The van der Waals surface area contributed by atoms with Crippen LogP contribution in [0.2, 0.25) is 0 Å². The monoisotopic (exact) mass is 251 g/mol. The molecule has 0 aromatic carbocycles. The van der Waals surface area contributed by atoms with E-state index < -0.39 is 0 Å². The van der Waals surface area contributed by atoms with E-state index in [0.717, 1.165) is 0 Å². The topological polar surface area (TPSA) is 64.0 Å². The molecule has 5 heteroatoms. The quantitative estimate of drug-likeness (QED) is 0.816. The highest BCUT2D eigenvalue weighted by atomic mass is 16.2. The molecule has 0 unspecified atom stereocenters. The largest absolute Gasteiger partial charge is 0.329 e. The van der Waals surface area contributed by atoms with Gasteiger partial charge in [-0.3, -0.25) is 9.59 Å². The van der Waals surface area contributed by atoms with Gasteiger partial charge >= 0.3 is 0 Å². The molecule has 0 atom stereocenters. The van der Waals surface area contributed by atoms with E-state index in [1.54, 1.807) is 17.8 Å². The van der Waals surface area contributed by atoms with Crippen LogP contribution in [0.3, 0.4) is 0 Å². The second-order valence-electron chi connectivity index (χ2n) is 5.23. The van der Waals surface area contributed by atoms with Gasteiger partial charge in [0.25, 0.3) is 0 Å². The van der Waals surface area contributed by atoms with Crippen molar-refractivity contribution < 1.29 is 9.59 Å². The van der Waals surface area contributed by atoms with Crippen molar-refractivity contribution in [1.82, 2.24) is 9.55 Å². The number of Topliss-reactive ketones (excluding diaryl/α,β-unsaturated/α-hetero) is 1. The van der Waals surface area contributed by atoms with Gasteiger partial charge in [-0.2, -0.15) is 0 Å². The van der Waals surface area contributed by atoms with E-state index in [1.807, 2.05) is 27.7 Å². The first-order valence-corrected chi connectivity index (χ1v) is 6.18. The predicted octanol–water partition coefficient (Wildman–Crippen LogP) is 2.24. The lowest BCUT2D eigenvalue weighted by Crippen LogP contribution is -2.18. The number of imidazole rings is 1. The maximum Gasteiger partial charge on any atom is 0.228 e. The minimum absolute atomic E-state index is 0.00227. The Labute approximate surface area is 108 Å². The van der Waals surface area contributed by atoms with Gasteiger partial charge in [0.2, 0.25) is 5.91 Å². The van der Waals surface area contributed by atoms with E-state index in [0.29, 0.717) is 24.0 Å². The first-order valence-electron chi connectivity index (χ1n) is 6.18. The predicted molar refractivity (Wildman–Crippen MR) is 70.5 cm³/mol. The number of carbonyl (C=O) groups is 2. The number of hydrogen-bond donors (Lipinski definition) is 1. The third kappa shape index (κ3) is 3.68. The lowest BCUT2D eigenvalue weighted by atomic mass is 10.1. The van der Waals surface area contributed by atoms with Crippen molar-refractivity contribution in [2.24, 2.45) is 18.9 Å². The van der Waals surface area contributed by atoms with Crippen molar-refractivity contribution in [2.45, 2.75) is 34.1 Å². The summed E-state index contributed by atoms with van der Waals surface area (Å²) >= 11 is 0. The van der Waals surface area contributed by atoms with Crippen LogP contribution in [-0.4, -0.2) is 21.2 Å². The van der Waals surface area contributed by atoms with Crippen LogP contribution in [0.25, 0.3) is 0 Å². The molecule has 0 radical (unpaired) electrons. The molecule has 1 heterocycles. The number of anilines is 1. The Balaban J connectivity index is 2.82. The summed E-state index contributed by atoms with van der Waals surface area (Å²) < 4.78 is 1.65. The van der Waals surface area contributed by atoms with Crippen LogP contribution in [0.1, 0.15) is 44.7 Å². The summed E-state index contributed by atoms with van der Waals surface area (Å²) in [5, 5.41) is 2.69. The Morgan fingerprint density at radius 2 is 1.94 bits per heavy atom. The van der Waals surface area contributed by atoms with Crippen LogP contribution in [0.4, 0.5) is 5.82 Å². The van der Waals surface area contributed by atoms with Gasteiger partial charge in [0.05, 0.1) is 0 Å². The first-order chi connectivity index (χ1) is 8.31. The Kier molecular flexibility index (Phi) is 4.64. The molecule has 0 bridgehead atoms. The molecule has 0 saturated heterocycles. The lowest BCUT2D eigenvalue weighted by Gasteiger charge is -2.03. The van der Waals surface area contributed by atoms with E-state index in [9.17, 15) is 9.59 Å². The third-order valence-electron chi connectivity index (χ3n) is 2.50. The summed E-state index contributed by atoms with van der Waals surface area (Å²) in [6.07, 6.45) is 2.12. The first kappa shape index (κ1) is 14.4. The lowest BCUT2D eigenvalue weighted by molar-refractivity contribution is -0.118. The Hall–Kier alpha value is -1.65. The molecule has 0 saturated carbocycles. The van der Waals surface area contributed by atoms with Gasteiger partial charge in [-0.15, -0.1) is 0 Å². The molecule has 1 amide bonds. The minimum Gasteiger partial charge on any atom is -0.329 e. The molecule has 100 valence electrons. The molecular weight excluding hydrogens is 230 g/mol. The zero-order valence-electron chi connectivity index (χ0n) is 11.7. The molecular formula is C13H21N3O2. The standard InChI is InChI=1S/C13H21N3O2/c1-8(2)6-10(17)12-14-11(7-16(12)5)15-13(18)9(3)4/h7-9H,6H2,1-5H3,(H,15,18). The maximum atomic E-state index is 11.9. The molecule has 0 fully saturated rings. The molecule has 1 aromatic rings. The molecule has 0 spiro atoms. The number of nitrogens with zero attached hydrogens (tertiary/aromatic N) is 2. The van der Waals surface area contributed by atoms with Gasteiger partial charge in [0, 0.05) is 25.6 Å². The van der Waals surface area contributed by atoms with Crippen molar-refractivity contribution >= 4 is 17.5 Å². The fourth-order valence-corrected chi connectivity index (χ4v) is 1.52. The Bertz CT molecular complexity index is 447. The molecule has 0 aliphatic carbocycles. The van der Waals surface area contributed by atoms with Crippen molar-refractivity contribution in [3.05, 3.63) is 12.0 Å². The highest BCUT2D eigenvalue weighted by Crippen LogP contribution is 2.12. The number of nitrogens with one attached hydrogen (secondary N) is 1. The maximum absolute atomic E-state index is 11.9. The van der Waals surface area contributed by atoms with Crippen LogP contribution >= 0.6 is 0 Å². The highest BCUT2D eigenvalue weighted by molar-refractivity contribution is 5.95. The average molecular weight is 251 g/mol. The molecule has 5 nitrogen and oxygen atoms in total. The molecule has 0 aliphatic rings. The van der Waals surface area contributed by atoms with Crippen molar-refractivity contribution in [2.75, 3.05) is 5.32 Å². The zero-order chi connectivity index (χ0) is 13.9. The normalized spacial score (nSPS) is 11.1. The van der Waals surface area contributed by atoms with Crippen LogP contribution in [0, 0.1) is 11.8 Å². The van der Waals surface area contributed by atoms with E-state index in [2.05, 4.69) is 10.3 Å². The molecule has 18 heavy (non-hydrogen) atoms. The van der Waals surface area contributed by atoms with Crippen LogP contribution < -0.4 is 5.32 Å². The van der Waals surface area contributed by atoms with E-state index in [4.69, 9.17) is 0 Å². The van der Waals surface area contributed by atoms with E-state index >= 15 is 0 Å². The number of carbonyl (C=O) groups excluding carboxylic acids is 2. The minimum atomic E-state index is -0.109. The summed E-state index contributed by atoms with van der Waals surface area (Å²) in [5.74, 6) is 0.907. The highest BCUT2D eigenvalue weighted by Gasteiger charge is 2.16. The summed E-state index contributed by atoms with van der Waals surface area (Å²) in [4.78, 5) is 27.6.